The van der Waals surface area contributed by atoms with Gasteiger partial charge in [-0.3, -0.25) is 24.5 Å². The first-order chi connectivity index (χ1) is 66.6. The molecule has 10 heterocycles. The fourth-order valence-electron chi connectivity index (χ4n) is 21.5. The molecule has 0 bridgehead atoms. The standard InChI is InChI=1S/C26H25NO.C25H23NO.C24H19NO3.C24H21NO2.C23H19N3O/c1-17-15-18(2)25(19(3)16-17)27-23-13-6-4-9-20(23)10-8-12-22-21-11-5-7-14-24(21)28-26(22)27;1-16-14-17(2)24(18(3)15-16)26-22-10-6-4-8-19(22)12-13-21-20-9-5-7-11-23(20)27-25(21)26;1-14-12-15(2)21(16(3)13-14)25-19-10-6-4-8-17(19)24(26)28-22-18-9-5-7-11-20(18)27-23(22)25;1-15-12-16(2)22(17(3)13-15)25-20-10-6-4-8-18(20)14-26-23-19-9-5-7-11-21(19)27-24(23)25;1-14-12-15(2)22(16(3)13-14)26-19-10-6-5-9-18(19)24-25-21-17-8-4-7-11-20(17)27-23(21)26/h4-7,9,11,13-16H,8,10,12H2,1-3H3;4-11,14-15H,12-13H2,1-3H3;4-13H,1-3H3;4-13H,14H2,1-3H3;4-13H,1-3H3. The van der Waals surface area contributed by atoms with Crippen LogP contribution < -0.4 is 34.0 Å². The second kappa shape index (κ2) is 36.0. The number of hydrogen-bond donors (Lipinski definition) is 0. The molecule has 0 saturated carbocycles. The van der Waals surface area contributed by atoms with Crippen molar-refractivity contribution in [2.75, 3.05) is 24.5 Å². The van der Waals surface area contributed by atoms with Crippen LogP contribution in [0.1, 0.15) is 128 Å². The Kier molecular flexibility index (Phi) is 23.0. The van der Waals surface area contributed by atoms with Crippen molar-refractivity contribution in [3.8, 4) is 11.5 Å². The number of anilines is 15. The molecule has 15 heteroatoms. The molecule has 0 fully saturated rings. The molecule has 15 aromatic carbocycles. The lowest BCUT2D eigenvalue weighted by molar-refractivity contribution is 0.0740. The van der Waals surface area contributed by atoms with E-state index in [1.165, 1.54) is 128 Å². The van der Waals surface area contributed by atoms with E-state index in [4.69, 9.17) is 31.6 Å². The van der Waals surface area contributed by atoms with Gasteiger partial charge in [0.15, 0.2) is 11.4 Å². The molecule has 0 unspecified atom stereocenters. The number of ether oxygens (including phenoxy) is 2. The average Bonchev–Trinajstić information content (AvgIpc) is 1.59. The second-order valence-electron chi connectivity index (χ2n) is 37.0. The molecule has 5 aliphatic heterocycles. The molecule has 0 spiro atoms. The Bertz CT molecular complexity index is 7830. The molecule has 25 rings (SSSR count). The lowest BCUT2D eigenvalue weighted by Gasteiger charge is -2.30. The third kappa shape index (κ3) is 16.0. The number of esters is 1. The van der Waals surface area contributed by atoms with Gasteiger partial charge in [0.1, 0.15) is 40.2 Å². The number of rotatable bonds is 5. The van der Waals surface area contributed by atoms with E-state index in [2.05, 4.69) is 322 Å². The van der Waals surface area contributed by atoms with E-state index < -0.39 is 0 Å². The monoisotopic (exact) mass is 1800 g/mol. The van der Waals surface area contributed by atoms with E-state index in [0.29, 0.717) is 35.3 Å². The highest BCUT2D eigenvalue weighted by molar-refractivity contribution is 6.08. The van der Waals surface area contributed by atoms with Crippen LogP contribution in [-0.4, -0.2) is 5.97 Å². The summed E-state index contributed by atoms with van der Waals surface area (Å²) in [7, 11) is 0. The van der Waals surface area contributed by atoms with Crippen LogP contribution in [0.15, 0.2) is 336 Å². The maximum absolute atomic E-state index is 12.9. The Morgan fingerprint density at radius 3 is 1.03 bits per heavy atom. The van der Waals surface area contributed by atoms with Crippen LogP contribution >= 0.6 is 0 Å². The molecule has 0 atom stereocenters. The van der Waals surface area contributed by atoms with Gasteiger partial charge in [-0.05, 0) is 294 Å². The molecule has 0 radical (unpaired) electrons. The fraction of sp³-hybridized carbons (Fsp3) is 0.172. The number of fused-ring (bicyclic) bond motifs is 20. The van der Waals surface area contributed by atoms with Crippen molar-refractivity contribution < 1.29 is 36.4 Å². The zero-order valence-corrected chi connectivity index (χ0v) is 80.0. The summed E-state index contributed by atoms with van der Waals surface area (Å²) in [6, 6.07) is 104. The Labute approximate surface area is 798 Å². The zero-order chi connectivity index (χ0) is 94.3. The highest BCUT2D eigenvalue weighted by Crippen LogP contribution is 2.58. The highest BCUT2D eigenvalue weighted by atomic mass is 16.5. The number of benzene rings is 15. The molecular weight excluding hydrogens is 1690 g/mol. The molecule has 0 aliphatic carbocycles. The van der Waals surface area contributed by atoms with Gasteiger partial charge in [-0.1, -0.05) is 240 Å². The van der Waals surface area contributed by atoms with Gasteiger partial charge in [-0.25, -0.2) is 4.79 Å². The molecule has 0 amide bonds. The van der Waals surface area contributed by atoms with Crippen molar-refractivity contribution >= 4 is 158 Å². The van der Waals surface area contributed by atoms with E-state index in [1.54, 1.807) is 6.07 Å². The quantitative estimate of drug-likeness (QED) is 0.151. The predicted octanol–water partition coefficient (Wildman–Crippen LogP) is 34.9. The van der Waals surface area contributed by atoms with Gasteiger partial charge >= 0.3 is 5.97 Å². The van der Waals surface area contributed by atoms with Gasteiger partial charge < -0.3 is 31.6 Å². The summed E-state index contributed by atoms with van der Waals surface area (Å²) in [5, 5.41) is 14.3. The number of carbonyl (C=O) groups excluding carboxylic acids is 1. The van der Waals surface area contributed by atoms with Gasteiger partial charge in [0.2, 0.25) is 35.2 Å². The molecule has 678 valence electrons. The third-order valence-corrected chi connectivity index (χ3v) is 26.8. The van der Waals surface area contributed by atoms with Gasteiger partial charge in [0.05, 0.1) is 78.6 Å². The summed E-state index contributed by atoms with van der Waals surface area (Å²) < 4.78 is 43.9. The molecule has 0 N–H and O–H groups in total. The topological polar surface area (TPSA) is 142 Å². The summed E-state index contributed by atoms with van der Waals surface area (Å²) >= 11 is 0. The maximum Gasteiger partial charge on any atom is 0.345 e. The lowest BCUT2D eigenvalue weighted by atomic mass is 9.96. The van der Waals surface area contributed by atoms with E-state index in [-0.39, 0.29) is 5.97 Å². The summed E-state index contributed by atoms with van der Waals surface area (Å²) in [6.45, 7) is 32.7. The van der Waals surface area contributed by atoms with E-state index in [1.807, 2.05) is 114 Å². The highest BCUT2D eigenvalue weighted by Gasteiger charge is 2.38. The largest absolute Gasteiger partial charge is 0.483 e. The number of carbonyl (C=O) groups is 1. The minimum absolute atomic E-state index is 0.381. The summed E-state index contributed by atoms with van der Waals surface area (Å²) in [4.78, 5) is 24.0. The lowest BCUT2D eigenvalue weighted by Crippen LogP contribution is -2.17. The number of aryl methyl sites for hydroxylation is 19. The van der Waals surface area contributed by atoms with Gasteiger partial charge in [0, 0.05) is 27.5 Å². The normalized spacial score (nSPS) is 13.2. The number of furan rings is 5. The molecule has 5 aliphatic rings. The van der Waals surface area contributed by atoms with E-state index in [9.17, 15) is 4.79 Å². The van der Waals surface area contributed by atoms with Crippen molar-refractivity contribution in [3.05, 3.63) is 420 Å². The SMILES string of the molecule is Cc1cc(C)c(N2c3ccccc3C(=O)Oc3c2oc2ccccc32)c(C)c1.Cc1cc(C)c(N2c3ccccc3CCCc3c2oc2ccccc32)c(C)c1.Cc1cc(C)c(N2c3ccccc3CCc3c2oc2ccccc32)c(C)c1.Cc1cc(C)c(N2c3ccccc3COc3c2oc2ccccc32)c(C)c1.Cc1cc(C)c(N2c3ccccc3N=Nc3c2oc2ccccc32)c(C)c1. The third-order valence-electron chi connectivity index (χ3n) is 26.8. The Morgan fingerprint density at radius 2 is 0.562 bits per heavy atom. The van der Waals surface area contributed by atoms with Crippen LogP contribution in [0.25, 0.3) is 54.8 Å². The zero-order valence-electron chi connectivity index (χ0n) is 80.0. The number of hydrogen-bond acceptors (Lipinski definition) is 15. The molecule has 137 heavy (non-hydrogen) atoms. The van der Waals surface area contributed by atoms with Gasteiger partial charge in [-0.2, -0.15) is 0 Å². The molecule has 20 aromatic rings. The average molecular weight is 1800 g/mol. The summed E-state index contributed by atoms with van der Waals surface area (Å²) in [5.74, 6) is 4.80. The Hall–Kier alpha value is -16.1. The van der Waals surface area contributed by atoms with Crippen LogP contribution in [0.3, 0.4) is 0 Å². The minimum atomic E-state index is -0.381. The van der Waals surface area contributed by atoms with Gasteiger partial charge in [0.25, 0.3) is 0 Å². The molecule has 15 nitrogen and oxygen atoms in total. The molecular formula is C122H107N7O8. The maximum atomic E-state index is 12.9. The van der Waals surface area contributed by atoms with Crippen molar-refractivity contribution in [1.29, 1.82) is 0 Å². The van der Waals surface area contributed by atoms with Crippen LogP contribution in [0.2, 0.25) is 0 Å². The Balaban J connectivity index is 0.000000102. The number of nitrogens with zero attached hydrogens (tertiary/aromatic N) is 7. The van der Waals surface area contributed by atoms with Gasteiger partial charge in [-0.15, -0.1) is 10.2 Å². The second-order valence-corrected chi connectivity index (χ2v) is 37.0. The van der Waals surface area contributed by atoms with Crippen molar-refractivity contribution in [3.63, 3.8) is 0 Å². The molecule has 0 saturated heterocycles. The van der Waals surface area contributed by atoms with E-state index in [0.717, 1.165) is 156 Å². The Morgan fingerprint density at radius 1 is 0.255 bits per heavy atom. The fourth-order valence-corrected chi connectivity index (χ4v) is 21.5. The number of para-hydroxylation sites is 10. The minimum Gasteiger partial charge on any atom is -0.483 e. The van der Waals surface area contributed by atoms with Crippen LogP contribution in [0.5, 0.6) is 11.5 Å². The van der Waals surface area contributed by atoms with Crippen LogP contribution in [0.4, 0.5) is 97.7 Å². The number of azo groups is 1. The van der Waals surface area contributed by atoms with E-state index >= 15 is 0 Å². The molecule has 5 aromatic heterocycles. The van der Waals surface area contributed by atoms with Crippen LogP contribution in [0, 0.1) is 104 Å². The summed E-state index contributed by atoms with van der Waals surface area (Å²) in [6.07, 6.45) is 5.25. The van der Waals surface area contributed by atoms with Crippen LogP contribution in [-0.2, 0) is 32.3 Å². The smallest absolute Gasteiger partial charge is 0.345 e. The predicted molar refractivity (Wildman–Crippen MR) is 558 cm³/mol. The first-order valence-corrected chi connectivity index (χ1v) is 47.2. The first kappa shape index (κ1) is 87.5. The van der Waals surface area contributed by atoms with Crippen molar-refractivity contribution in [2.24, 2.45) is 10.2 Å². The van der Waals surface area contributed by atoms with Crippen molar-refractivity contribution in [1.82, 2.24) is 0 Å². The summed E-state index contributed by atoms with van der Waals surface area (Å²) in [5.41, 5.74) is 42.3. The van der Waals surface area contributed by atoms with Crippen molar-refractivity contribution in [2.45, 2.75) is 143 Å². The first-order valence-electron chi connectivity index (χ1n) is 47.2.